The van der Waals surface area contributed by atoms with Gasteiger partial charge in [-0.05, 0) is 37.9 Å². The normalized spacial score (nSPS) is 16.8. The van der Waals surface area contributed by atoms with E-state index in [0.29, 0.717) is 18.9 Å². The highest BCUT2D eigenvalue weighted by Gasteiger charge is 2.44. The van der Waals surface area contributed by atoms with Crippen molar-refractivity contribution >= 4 is 0 Å². The third-order valence-corrected chi connectivity index (χ3v) is 3.50. The first-order valence-electron chi connectivity index (χ1n) is 7.31. The maximum atomic E-state index is 12.7. The van der Waals surface area contributed by atoms with Gasteiger partial charge in [-0.3, -0.25) is 0 Å². The Morgan fingerprint density at radius 1 is 0.815 bits per heavy atom. The third kappa shape index (κ3) is 6.26. The zero-order chi connectivity index (χ0) is 20.6. The molecule has 154 valence electrons. The summed E-state index contributed by atoms with van der Waals surface area (Å²) >= 11 is 0. The van der Waals surface area contributed by atoms with Crippen LogP contribution in [0.2, 0.25) is 0 Å². The van der Waals surface area contributed by atoms with Crippen molar-refractivity contribution < 1.29 is 53.7 Å². The lowest BCUT2D eigenvalue weighted by molar-refractivity contribution is -0.288. The predicted octanol–water partition coefficient (Wildman–Crippen LogP) is 5.05. The fraction of sp³-hybridized carbons (Fsp3) is 0.571. The van der Waals surface area contributed by atoms with E-state index in [-0.39, 0.29) is 6.07 Å². The summed E-state index contributed by atoms with van der Waals surface area (Å²) in [5.41, 5.74) is -0.864. The van der Waals surface area contributed by atoms with Crippen molar-refractivity contribution in [2.75, 3.05) is 7.05 Å². The molecular weight excluding hydrogens is 401 g/mol. The van der Waals surface area contributed by atoms with Crippen molar-refractivity contribution in [3.8, 4) is 17.2 Å². The van der Waals surface area contributed by atoms with Crippen LogP contribution in [-0.2, 0) is 0 Å². The Kier molecular flexibility index (Phi) is 5.64. The predicted molar refractivity (Wildman–Crippen MR) is 71.0 cm³/mol. The molecule has 0 spiro atoms. The van der Waals surface area contributed by atoms with Crippen LogP contribution in [0.25, 0.3) is 0 Å². The summed E-state index contributed by atoms with van der Waals surface area (Å²) in [4.78, 5) is 0. The Bertz CT molecular complexity index is 666. The Labute approximate surface area is 146 Å². The van der Waals surface area contributed by atoms with Gasteiger partial charge in [0.05, 0.1) is 5.56 Å². The molecule has 13 heteroatoms. The van der Waals surface area contributed by atoms with E-state index < -0.39 is 53.9 Å². The molecule has 0 aromatic heterocycles. The van der Waals surface area contributed by atoms with E-state index in [4.69, 9.17) is 0 Å². The molecule has 1 aliphatic rings. The highest BCUT2D eigenvalue weighted by molar-refractivity contribution is 5.56. The van der Waals surface area contributed by atoms with Gasteiger partial charge in [0.1, 0.15) is 5.75 Å². The first-order chi connectivity index (χ1) is 12.2. The average Bonchev–Trinajstić information content (AvgIpc) is 3.25. The van der Waals surface area contributed by atoms with Crippen LogP contribution >= 0.6 is 0 Å². The molecule has 0 aliphatic heterocycles. The summed E-state index contributed by atoms with van der Waals surface area (Å²) in [6, 6.07) is -0.477. The van der Waals surface area contributed by atoms with E-state index >= 15 is 0 Å². The molecule has 27 heavy (non-hydrogen) atoms. The summed E-state index contributed by atoms with van der Waals surface area (Å²) in [6.07, 6.45) is -15.3. The minimum absolute atomic E-state index is 0.263. The molecule has 1 atom stereocenters. The number of halogens is 9. The second kappa shape index (κ2) is 7.17. The minimum Gasteiger partial charge on any atom is -0.405 e. The van der Waals surface area contributed by atoms with Crippen molar-refractivity contribution in [2.45, 2.75) is 38.0 Å². The van der Waals surface area contributed by atoms with E-state index in [2.05, 4.69) is 19.5 Å². The molecule has 1 N–H and O–H groups in total. The van der Waals surface area contributed by atoms with Gasteiger partial charge >= 0.3 is 19.1 Å². The molecule has 1 fully saturated rings. The molecule has 0 saturated heterocycles. The van der Waals surface area contributed by atoms with Crippen LogP contribution in [0.5, 0.6) is 17.2 Å². The number of ether oxygens (including phenoxy) is 3. The first kappa shape index (κ1) is 21.3. The number of benzene rings is 1. The van der Waals surface area contributed by atoms with Gasteiger partial charge in [-0.2, -0.15) is 0 Å². The molecule has 1 unspecified atom stereocenters. The highest BCUT2D eigenvalue weighted by Crippen LogP contribution is 2.52. The number of nitrogens with one attached hydrogen (secondary N) is 1. The van der Waals surface area contributed by atoms with Crippen LogP contribution in [0.15, 0.2) is 12.1 Å². The molecular formula is C14H12F9NO3. The Morgan fingerprint density at radius 3 is 1.67 bits per heavy atom. The molecule has 1 saturated carbocycles. The molecule has 0 amide bonds. The molecule has 2 rings (SSSR count). The lowest BCUT2D eigenvalue weighted by atomic mass is 9.99. The van der Waals surface area contributed by atoms with E-state index in [1.807, 2.05) is 0 Å². The molecule has 1 aliphatic carbocycles. The maximum absolute atomic E-state index is 12.7. The average molecular weight is 413 g/mol. The van der Waals surface area contributed by atoms with Gasteiger partial charge in [0, 0.05) is 6.04 Å². The standard InChI is InChI=1S/C14H12F9NO3/c1-24-10(6-2-3-6)9-7(25-12(15,16)17)4-5-8(26-13(18,19)20)11(9)27-14(21,22)23/h4-6,10,24H,2-3H2,1H3. The van der Waals surface area contributed by atoms with Gasteiger partial charge in [0.25, 0.3) is 0 Å². The van der Waals surface area contributed by atoms with E-state index in [9.17, 15) is 39.5 Å². The number of rotatable bonds is 6. The smallest absolute Gasteiger partial charge is 0.405 e. The van der Waals surface area contributed by atoms with E-state index in [1.54, 1.807) is 0 Å². The molecule has 4 nitrogen and oxygen atoms in total. The highest BCUT2D eigenvalue weighted by atomic mass is 19.4. The lowest BCUT2D eigenvalue weighted by Crippen LogP contribution is -2.27. The van der Waals surface area contributed by atoms with Crippen LogP contribution in [0, 0.1) is 5.92 Å². The summed E-state index contributed by atoms with van der Waals surface area (Å²) in [5, 5.41) is 2.49. The Morgan fingerprint density at radius 2 is 1.26 bits per heavy atom. The largest absolute Gasteiger partial charge is 0.573 e. The Hall–Kier alpha value is -2.05. The fourth-order valence-electron chi connectivity index (χ4n) is 2.54. The number of hydrogen-bond donors (Lipinski definition) is 1. The maximum Gasteiger partial charge on any atom is 0.573 e. The number of hydrogen-bond acceptors (Lipinski definition) is 4. The second-order valence-corrected chi connectivity index (χ2v) is 5.55. The third-order valence-electron chi connectivity index (χ3n) is 3.50. The van der Waals surface area contributed by atoms with Gasteiger partial charge in [0.2, 0.25) is 0 Å². The zero-order valence-electron chi connectivity index (χ0n) is 13.4. The zero-order valence-corrected chi connectivity index (χ0v) is 13.4. The van der Waals surface area contributed by atoms with Crippen LogP contribution in [-0.4, -0.2) is 26.1 Å². The summed E-state index contributed by atoms with van der Waals surface area (Å²) in [5.74, 6) is -4.53. The molecule has 0 heterocycles. The van der Waals surface area contributed by atoms with Gasteiger partial charge < -0.3 is 19.5 Å². The van der Waals surface area contributed by atoms with Crippen molar-refractivity contribution in [2.24, 2.45) is 5.92 Å². The summed E-state index contributed by atoms with van der Waals surface area (Å²) < 4.78 is 125. The SMILES string of the molecule is CNC(c1c(OC(F)(F)F)ccc(OC(F)(F)F)c1OC(F)(F)F)C1CC1. The van der Waals surface area contributed by atoms with Crippen LogP contribution in [0.4, 0.5) is 39.5 Å². The molecule has 0 bridgehead atoms. The minimum atomic E-state index is -5.49. The van der Waals surface area contributed by atoms with Crippen molar-refractivity contribution in [1.82, 2.24) is 5.32 Å². The van der Waals surface area contributed by atoms with E-state index in [1.165, 1.54) is 7.05 Å². The van der Waals surface area contributed by atoms with Crippen LogP contribution in [0.3, 0.4) is 0 Å². The quantitative estimate of drug-likeness (QED) is 0.663. The number of alkyl halides is 9. The van der Waals surface area contributed by atoms with Gasteiger partial charge in [-0.25, -0.2) is 0 Å². The topological polar surface area (TPSA) is 39.7 Å². The fourth-order valence-corrected chi connectivity index (χ4v) is 2.54. The van der Waals surface area contributed by atoms with Crippen molar-refractivity contribution in [3.63, 3.8) is 0 Å². The van der Waals surface area contributed by atoms with Crippen LogP contribution < -0.4 is 19.5 Å². The van der Waals surface area contributed by atoms with Crippen LogP contribution in [0.1, 0.15) is 24.4 Å². The first-order valence-corrected chi connectivity index (χ1v) is 7.31. The second-order valence-electron chi connectivity index (χ2n) is 5.55. The molecule has 1 aromatic carbocycles. The van der Waals surface area contributed by atoms with Crippen molar-refractivity contribution in [1.29, 1.82) is 0 Å². The summed E-state index contributed by atoms with van der Waals surface area (Å²) in [7, 11) is 1.23. The molecule has 1 aromatic rings. The van der Waals surface area contributed by atoms with Gasteiger partial charge in [-0.15, -0.1) is 39.5 Å². The van der Waals surface area contributed by atoms with Gasteiger partial charge in [0.15, 0.2) is 11.5 Å². The monoisotopic (exact) mass is 413 g/mol. The summed E-state index contributed by atoms with van der Waals surface area (Å²) in [6.45, 7) is 0. The lowest BCUT2D eigenvalue weighted by Gasteiger charge is -2.26. The molecule has 0 radical (unpaired) electrons. The van der Waals surface area contributed by atoms with Crippen molar-refractivity contribution in [3.05, 3.63) is 17.7 Å². The van der Waals surface area contributed by atoms with Gasteiger partial charge in [-0.1, -0.05) is 0 Å². The van der Waals surface area contributed by atoms with E-state index in [0.717, 1.165) is 0 Å². The Balaban J connectivity index is 2.66.